The molecule has 0 radical (unpaired) electrons. The van der Waals surface area contributed by atoms with Gasteiger partial charge >= 0.3 is 5.69 Å². The monoisotopic (exact) mass is 365 g/mol. The Balaban J connectivity index is 2.52. The Morgan fingerprint density at radius 3 is 2.48 bits per heavy atom. The Hall–Kier alpha value is -1.89. The van der Waals surface area contributed by atoms with Crippen LogP contribution in [-0.2, 0) is 17.9 Å². The first-order valence-electron chi connectivity index (χ1n) is 8.68. The number of aryl methyl sites for hydroxylation is 2. The van der Waals surface area contributed by atoms with Crippen LogP contribution in [0.4, 0.5) is 0 Å². The van der Waals surface area contributed by atoms with E-state index in [1.807, 2.05) is 33.1 Å². The molecule has 0 aliphatic carbocycles. The maximum Gasteiger partial charge on any atom is 0.332 e. The van der Waals surface area contributed by atoms with Crippen molar-refractivity contribution in [1.29, 1.82) is 0 Å². The van der Waals surface area contributed by atoms with E-state index in [1.165, 1.54) is 11.3 Å². The molecule has 0 saturated heterocycles. The summed E-state index contributed by atoms with van der Waals surface area (Å²) >= 11 is 1.41. The molecule has 0 aromatic carbocycles. The Morgan fingerprint density at radius 2 is 1.88 bits per heavy atom. The zero-order chi connectivity index (χ0) is 18.8. The van der Waals surface area contributed by atoms with Gasteiger partial charge in [0, 0.05) is 12.1 Å². The molecule has 138 valence electrons. The van der Waals surface area contributed by atoms with Crippen molar-refractivity contribution < 1.29 is 4.79 Å². The molecule has 0 fully saturated rings. The van der Waals surface area contributed by atoms with E-state index >= 15 is 0 Å². The Kier molecular flexibility index (Phi) is 5.87. The van der Waals surface area contributed by atoms with Crippen LogP contribution in [0, 0.1) is 6.92 Å². The second kappa shape index (κ2) is 7.56. The summed E-state index contributed by atoms with van der Waals surface area (Å²) in [6, 6.07) is 0. The lowest BCUT2D eigenvalue weighted by molar-refractivity contribution is -0.123. The van der Waals surface area contributed by atoms with Crippen LogP contribution < -0.4 is 16.6 Å². The topological polar surface area (TPSA) is 73.1 Å². The summed E-state index contributed by atoms with van der Waals surface area (Å²) in [7, 11) is 0. The van der Waals surface area contributed by atoms with E-state index in [-0.39, 0.29) is 18.0 Å². The third kappa shape index (κ3) is 4.39. The van der Waals surface area contributed by atoms with Crippen LogP contribution in [0.5, 0.6) is 0 Å². The van der Waals surface area contributed by atoms with E-state index in [0.29, 0.717) is 16.8 Å². The Labute approximate surface area is 151 Å². The van der Waals surface area contributed by atoms with Gasteiger partial charge in [-0.3, -0.25) is 18.7 Å². The van der Waals surface area contributed by atoms with Crippen LogP contribution in [0.3, 0.4) is 0 Å². The highest BCUT2D eigenvalue weighted by molar-refractivity contribution is 7.17. The van der Waals surface area contributed by atoms with Crippen LogP contribution in [0.15, 0.2) is 15.0 Å². The number of aromatic nitrogens is 2. The van der Waals surface area contributed by atoms with E-state index in [2.05, 4.69) is 12.2 Å². The summed E-state index contributed by atoms with van der Waals surface area (Å²) in [5.41, 5.74) is -0.350. The van der Waals surface area contributed by atoms with E-state index in [1.54, 1.807) is 4.57 Å². The standard InChI is InChI=1S/C18H27N3O3S/c1-6-7-8-9-20-16-14(12(2)11-25-16)15(23)21(17(20)24)10-13(22)19-18(3,4)5/h11H,6-10H2,1-5H3,(H,19,22). The van der Waals surface area contributed by atoms with E-state index in [0.717, 1.165) is 29.4 Å². The van der Waals surface area contributed by atoms with Crippen molar-refractivity contribution in [2.24, 2.45) is 0 Å². The van der Waals surface area contributed by atoms with E-state index in [9.17, 15) is 14.4 Å². The SMILES string of the molecule is CCCCCn1c(=O)n(CC(=O)NC(C)(C)C)c(=O)c2c(C)csc21. The van der Waals surface area contributed by atoms with Crippen LogP contribution in [0.25, 0.3) is 10.2 Å². The number of fused-ring (bicyclic) bond motifs is 1. The predicted octanol–water partition coefficient (Wildman–Crippen LogP) is 2.64. The number of amides is 1. The molecule has 7 heteroatoms. The molecule has 0 spiro atoms. The number of thiophene rings is 1. The lowest BCUT2D eigenvalue weighted by Crippen LogP contribution is -2.47. The van der Waals surface area contributed by atoms with Crippen LogP contribution >= 0.6 is 11.3 Å². The smallest absolute Gasteiger partial charge is 0.332 e. The summed E-state index contributed by atoms with van der Waals surface area (Å²) in [5, 5.41) is 5.24. The highest BCUT2D eigenvalue weighted by Crippen LogP contribution is 2.21. The van der Waals surface area contributed by atoms with Crippen molar-refractivity contribution >= 4 is 27.5 Å². The fourth-order valence-electron chi connectivity index (χ4n) is 2.80. The number of hydrogen-bond donors (Lipinski definition) is 1. The molecule has 0 bridgehead atoms. The number of rotatable bonds is 6. The highest BCUT2D eigenvalue weighted by Gasteiger charge is 2.20. The molecule has 2 aromatic heterocycles. The third-order valence-corrected chi connectivity index (χ3v) is 5.04. The molecule has 1 amide bonds. The first-order valence-corrected chi connectivity index (χ1v) is 9.56. The first-order chi connectivity index (χ1) is 11.7. The van der Waals surface area contributed by atoms with Crippen molar-refractivity contribution in [3.8, 4) is 0 Å². The summed E-state index contributed by atoms with van der Waals surface area (Å²) in [6.45, 7) is 9.86. The zero-order valence-electron chi connectivity index (χ0n) is 15.6. The average Bonchev–Trinajstić information content (AvgIpc) is 2.87. The molecule has 6 nitrogen and oxygen atoms in total. The molecule has 0 atom stereocenters. The second-order valence-corrected chi connectivity index (χ2v) is 8.29. The third-order valence-electron chi connectivity index (χ3n) is 3.92. The molecule has 2 rings (SSSR count). The van der Waals surface area contributed by atoms with Gasteiger partial charge in [0.15, 0.2) is 0 Å². The molecular formula is C18H27N3O3S. The molecule has 2 heterocycles. The number of hydrogen-bond acceptors (Lipinski definition) is 4. The predicted molar refractivity (Wildman–Crippen MR) is 103 cm³/mol. The van der Waals surface area contributed by atoms with Gasteiger partial charge in [0.05, 0.1) is 5.39 Å². The second-order valence-electron chi connectivity index (χ2n) is 7.43. The fraction of sp³-hybridized carbons (Fsp3) is 0.611. The lowest BCUT2D eigenvalue weighted by Gasteiger charge is -2.21. The van der Waals surface area contributed by atoms with Crippen molar-refractivity contribution in [3.05, 3.63) is 31.8 Å². The Bertz CT molecular complexity index is 884. The molecule has 25 heavy (non-hydrogen) atoms. The molecule has 1 N–H and O–H groups in total. The zero-order valence-corrected chi connectivity index (χ0v) is 16.5. The summed E-state index contributed by atoms with van der Waals surface area (Å²) in [4.78, 5) is 38.6. The van der Waals surface area contributed by atoms with Crippen LogP contribution in [-0.4, -0.2) is 20.6 Å². The minimum absolute atomic E-state index is 0.256. The fourth-order valence-corrected chi connectivity index (χ4v) is 3.87. The maximum absolute atomic E-state index is 12.9. The molecule has 0 aliphatic heterocycles. The van der Waals surface area contributed by atoms with Gasteiger partial charge in [0.1, 0.15) is 11.4 Å². The number of nitrogens with one attached hydrogen (secondary N) is 1. The highest BCUT2D eigenvalue weighted by atomic mass is 32.1. The van der Waals surface area contributed by atoms with Gasteiger partial charge in [-0.15, -0.1) is 11.3 Å². The summed E-state index contributed by atoms with van der Waals surface area (Å²) < 4.78 is 2.71. The van der Waals surface area contributed by atoms with Gasteiger partial charge in [0.25, 0.3) is 5.56 Å². The van der Waals surface area contributed by atoms with Gasteiger partial charge in [-0.1, -0.05) is 19.8 Å². The average molecular weight is 365 g/mol. The van der Waals surface area contributed by atoms with E-state index in [4.69, 9.17) is 0 Å². The molecule has 0 unspecified atom stereocenters. The summed E-state index contributed by atoms with van der Waals surface area (Å²) in [5.74, 6) is -0.334. The molecular weight excluding hydrogens is 338 g/mol. The number of nitrogens with zero attached hydrogens (tertiary/aromatic N) is 2. The lowest BCUT2D eigenvalue weighted by atomic mass is 10.1. The maximum atomic E-state index is 12.9. The van der Waals surface area contributed by atoms with Crippen molar-refractivity contribution in [2.75, 3.05) is 0 Å². The van der Waals surface area contributed by atoms with Crippen molar-refractivity contribution in [1.82, 2.24) is 14.5 Å². The quantitative estimate of drug-likeness (QED) is 0.800. The van der Waals surface area contributed by atoms with Crippen LogP contribution in [0.1, 0.15) is 52.5 Å². The molecule has 0 aliphatic rings. The number of carbonyl (C=O) groups excluding carboxylic acids is 1. The molecule has 2 aromatic rings. The Morgan fingerprint density at radius 1 is 1.20 bits per heavy atom. The molecule has 0 saturated carbocycles. The van der Waals surface area contributed by atoms with Crippen molar-refractivity contribution in [3.63, 3.8) is 0 Å². The first kappa shape index (κ1) is 19.4. The van der Waals surface area contributed by atoms with Gasteiger partial charge in [-0.05, 0) is 45.1 Å². The minimum Gasteiger partial charge on any atom is -0.350 e. The van der Waals surface area contributed by atoms with Crippen molar-refractivity contribution in [2.45, 2.75) is 72.5 Å². The van der Waals surface area contributed by atoms with Gasteiger partial charge in [0.2, 0.25) is 5.91 Å². The number of unbranched alkanes of at least 4 members (excludes halogenated alkanes) is 2. The van der Waals surface area contributed by atoms with Gasteiger partial charge in [-0.25, -0.2) is 4.79 Å². The van der Waals surface area contributed by atoms with Crippen LogP contribution in [0.2, 0.25) is 0 Å². The summed E-state index contributed by atoms with van der Waals surface area (Å²) in [6.07, 6.45) is 2.94. The minimum atomic E-state index is -0.413. The van der Waals surface area contributed by atoms with E-state index < -0.39 is 11.2 Å². The van der Waals surface area contributed by atoms with Gasteiger partial charge < -0.3 is 5.32 Å². The number of carbonyl (C=O) groups is 1. The largest absolute Gasteiger partial charge is 0.350 e. The normalized spacial score (nSPS) is 11.9. The van der Waals surface area contributed by atoms with Gasteiger partial charge in [-0.2, -0.15) is 0 Å².